The molecule has 1 aliphatic heterocycles. The van der Waals surface area contributed by atoms with Gasteiger partial charge in [0.05, 0.1) is 30.4 Å². The van der Waals surface area contributed by atoms with Gasteiger partial charge in [-0.2, -0.15) is 10.1 Å². The number of nitrogens with two attached hydrogens (primary N) is 1. The first-order chi connectivity index (χ1) is 14.8. The number of carbonyl (C=O) groups excluding carboxylic acids is 1. The van der Waals surface area contributed by atoms with Crippen molar-refractivity contribution in [2.75, 3.05) is 32.7 Å². The predicted octanol–water partition coefficient (Wildman–Crippen LogP) is 2.79. The second-order valence-corrected chi connectivity index (χ2v) is 8.76. The SMILES string of the molecule is COc1c(C)cnc(Cn2nc3c4c(nc(N)nc42)SCC(CC(=O)N(C)C)=C3)c1Cl. The summed E-state index contributed by atoms with van der Waals surface area (Å²) < 4.78 is 7.12. The maximum Gasteiger partial charge on any atom is 0.226 e. The Bertz CT molecular complexity index is 1220. The molecule has 4 heterocycles. The molecule has 0 aliphatic carbocycles. The molecule has 1 aliphatic rings. The Balaban J connectivity index is 1.80. The lowest BCUT2D eigenvalue weighted by Gasteiger charge is -2.12. The number of nitrogens with zero attached hydrogens (tertiary/aromatic N) is 6. The summed E-state index contributed by atoms with van der Waals surface area (Å²) in [6, 6.07) is 0. The third-order valence-corrected chi connectivity index (χ3v) is 6.42. The number of nitrogen functional groups attached to an aromatic ring is 1. The maximum absolute atomic E-state index is 12.2. The summed E-state index contributed by atoms with van der Waals surface area (Å²) in [4.78, 5) is 27.1. The summed E-state index contributed by atoms with van der Waals surface area (Å²) in [5.74, 6) is 1.40. The van der Waals surface area contributed by atoms with Gasteiger partial charge in [-0.05, 0) is 18.6 Å². The molecule has 0 fully saturated rings. The molecule has 0 saturated carbocycles. The van der Waals surface area contributed by atoms with E-state index in [1.165, 1.54) is 11.8 Å². The first-order valence-electron chi connectivity index (χ1n) is 9.52. The van der Waals surface area contributed by atoms with Crippen molar-refractivity contribution >= 4 is 52.3 Å². The van der Waals surface area contributed by atoms with Gasteiger partial charge < -0.3 is 15.4 Å². The Kier molecular flexibility index (Phi) is 5.76. The van der Waals surface area contributed by atoms with E-state index in [-0.39, 0.29) is 18.4 Å². The standard InChI is InChI=1S/C20H22ClN7O2S/c1-10-7-23-13(16(21)17(10)30-4)8-28-18-15-12(26-28)5-11(6-14(29)27(2)3)9-31-19(15)25-20(22)24-18/h5,7H,6,8-9H2,1-4H3,(H2,22,24,25). The Morgan fingerprint density at radius 3 is 2.87 bits per heavy atom. The van der Waals surface area contributed by atoms with Crippen molar-refractivity contribution in [1.82, 2.24) is 29.6 Å². The average molecular weight is 460 g/mol. The zero-order chi connectivity index (χ0) is 22.3. The van der Waals surface area contributed by atoms with Gasteiger partial charge >= 0.3 is 0 Å². The number of hydrogen-bond acceptors (Lipinski definition) is 8. The van der Waals surface area contributed by atoms with Gasteiger partial charge in [-0.25, -0.2) is 9.67 Å². The van der Waals surface area contributed by atoms with Gasteiger partial charge in [0.25, 0.3) is 0 Å². The molecule has 2 N–H and O–H groups in total. The lowest BCUT2D eigenvalue weighted by Crippen LogP contribution is -2.22. The molecule has 0 aromatic carbocycles. The number of carbonyl (C=O) groups is 1. The molecule has 0 atom stereocenters. The molecule has 0 unspecified atom stereocenters. The largest absolute Gasteiger partial charge is 0.495 e. The highest BCUT2D eigenvalue weighted by Gasteiger charge is 2.23. The molecule has 9 nitrogen and oxygen atoms in total. The van der Waals surface area contributed by atoms with E-state index in [2.05, 4.69) is 15.0 Å². The number of halogens is 1. The highest BCUT2D eigenvalue weighted by molar-refractivity contribution is 7.99. The number of anilines is 1. The van der Waals surface area contributed by atoms with E-state index in [1.54, 1.807) is 37.0 Å². The normalized spacial score (nSPS) is 13.1. The van der Waals surface area contributed by atoms with Crippen LogP contribution in [0.1, 0.15) is 23.4 Å². The Morgan fingerprint density at radius 1 is 1.39 bits per heavy atom. The summed E-state index contributed by atoms with van der Waals surface area (Å²) in [6.07, 6.45) is 3.97. The molecule has 31 heavy (non-hydrogen) atoms. The van der Waals surface area contributed by atoms with Gasteiger partial charge in [0, 0.05) is 38.0 Å². The van der Waals surface area contributed by atoms with Crippen molar-refractivity contribution in [3.05, 3.63) is 33.7 Å². The van der Waals surface area contributed by atoms with Crippen LogP contribution in [-0.4, -0.2) is 62.5 Å². The van der Waals surface area contributed by atoms with Crippen molar-refractivity contribution in [1.29, 1.82) is 0 Å². The van der Waals surface area contributed by atoms with Crippen LogP contribution in [0.4, 0.5) is 5.95 Å². The fraction of sp³-hybridized carbons (Fsp3) is 0.350. The second-order valence-electron chi connectivity index (χ2n) is 7.42. The quantitative estimate of drug-likeness (QED) is 0.579. The summed E-state index contributed by atoms with van der Waals surface area (Å²) in [5, 5.41) is 6.73. The Morgan fingerprint density at radius 2 is 2.16 bits per heavy atom. The highest BCUT2D eigenvalue weighted by Crippen LogP contribution is 2.36. The lowest BCUT2D eigenvalue weighted by molar-refractivity contribution is -0.127. The molecule has 11 heteroatoms. The van der Waals surface area contributed by atoms with Gasteiger partial charge in [0.15, 0.2) is 5.65 Å². The molecule has 162 valence electrons. The zero-order valence-electron chi connectivity index (χ0n) is 17.6. The van der Waals surface area contributed by atoms with E-state index in [9.17, 15) is 4.79 Å². The van der Waals surface area contributed by atoms with E-state index in [0.717, 1.165) is 21.5 Å². The number of rotatable bonds is 5. The van der Waals surface area contributed by atoms with Gasteiger partial charge in [0.2, 0.25) is 11.9 Å². The van der Waals surface area contributed by atoms with Crippen LogP contribution >= 0.6 is 23.4 Å². The fourth-order valence-corrected chi connectivity index (χ4v) is 4.69. The highest BCUT2D eigenvalue weighted by atomic mass is 35.5. The van der Waals surface area contributed by atoms with Crippen molar-refractivity contribution in [2.24, 2.45) is 0 Å². The number of aromatic nitrogens is 5. The molecule has 1 amide bonds. The van der Waals surface area contributed by atoms with Crippen LogP contribution in [0.15, 0.2) is 16.8 Å². The van der Waals surface area contributed by atoms with Crippen LogP contribution in [0.5, 0.6) is 5.75 Å². The van der Waals surface area contributed by atoms with E-state index in [0.29, 0.717) is 40.0 Å². The molecular weight excluding hydrogens is 438 g/mol. The van der Waals surface area contributed by atoms with E-state index in [4.69, 9.17) is 27.2 Å². The summed E-state index contributed by atoms with van der Waals surface area (Å²) in [5.41, 5.74) is 9.69. The average Bonchev–Trinajstić information content (AvgIpc) is 2.95. The first kappa shape index (κ1) is 21.4. The summed E-state index contributed by atoms with van der Waals surface area (Å²) in [6.45, 7) is 2.17. The smallest absolute Gasteiger partial charge is 0.226 e. The predicted molar refractivity (Wildman–Crippen MR) is 121 cm³/mol. The van der Waals surface area contributed by atoms with Crippen molar-refractivity contribution < 1.29 is 9.53 Å². The maximum atomic E-state index is 12.2. The Hall–Kier alpha value is -2.85. The van der Waals surface area contributed by atoms with Gasteiger partial charge in [0.1, 0.15) is 15.8 Å². The topological polar surface area (TPSA) is 112 Å². The van der Waals surface area contributed by atoms with Crippen LogP contribution in [0, 0.1) is 6.92 Å². The van der Waals surface area contributed by atoms with Crippen molar-refractivity contribution in [3.63, 3.8) is 0 Å². The number of pyridine rings is 1. The Labute approximate surface area is 188 Å². The molecule has 4 rings (SSSR count). The van der Waals surface area contributed by atoms with Gasteiger partial charge in [-0.15, -0.1) is 11.8 Å². The van der Waals surface area contributed by atoms with Gasteiger partial charge in [-0.3, -0.25) is 9.78 Å². The fourth-order valence-electron chi connectivity index (χ4n) is 3.35. The number of thioether (sulfide) groups is 1. The van der Waals surface area contributed by atoms with E-state index in [1.807, 2.05) is 13.0 Å². The van der Waals surface area contributed by atoms with E-state index >= 15 is 0 Å². The van der Waals surface area contributed by atoms with Crippen LogP contribution in [0.2, 0.25) is 5.02 Å². The van der Waals surface area contributed by atoms with Crippen LogP contribution < -0.4 is 10.5 Å². The van der Waals surface area contributed by atoms with Crippen molar-refractivity contribution in [3.8, 4) is 5.75 Å². The third-order valence-electron chi connectivity index (χ3n) is 4.94. The number of ether oxygens (including phenoxy) is 1. The molecule has 0 spiro atoms. The summed E-state index contributed by atoms with van der Waals surface area (Å²) >= 11 is 8.05. The van der Waals surface area contributed by atoms with Crippen LogP contribution in [-0.2, 0) is 11.3 Å². The second kappa shape index (κ2) is 8.35. The lowest BCUT2D eigenvalue weighted by atomic mass is 10.1. The number of hydrogen-bond donors (Lipinski definition) is 1. The summed E-state index contributed by atoms with van der Waals surface area (Å²) in [7, 11) is 5.06. The molecule has 0 radical (unpaired) electrons. The molecule has 3 aromatic rings. The third kappa shape index (κ3) is 4.05. The van der Waals surface area contributed by atoms with Gasteiger partial charge in [-0.1, -0.05) is 11.6 Å². The first-order valence-corrected chi connectivity index (χ1v) is 10.9. The molecule has 0 saturated heterocycles. The minimum atomic E-state index is 0.0295. The van der Waals surface area contributed by atoms with Crippen LogP contribution in [0.3, 0.4) is 0 Å². The minimum Gasteiger partial charge on any atom is -0.495 e. The van der Waals surface area contributed by atoms with E-state index < -0.39 is 0 Å². The zero-order valence-corrected chi connectivity index (χ0v) is 19.2. The minimum absolute atomic E-state index is 0.0295. The number of amides is 1. The molecule has 0 bridgehead atoms. The number of methoxy groups -OCH3 is 1. The van der Waals surface area contributed by atoms with Crippen molar-refractivity contribution in [2.45, 2.75) is 24.9 Å². The molecule has 3 aromatic heterocycles. The number of aryl methyl sites for hydroxylation is 1. The van der Waals surface area contributed by atoms with Crippen LogP contribution in [0.25, 0.3) is 17.1 Å². The monoisotopic (exact) mass is 459 g/mol. The molecular formula is C20H22ClN7O2S.